The van der Waals surface area contributed by atoms with Gasteiger partial charge in [0.25, 0.3) is 5.56 Å². The molecular weight excluding hydrogens is 262 g/mol. The molecule has 0 aliphatic rings. The predicted molar refractivity (Wildman–Crippen MR) is 76.7 cm³/mol. The summed E-state index contributed by atoms with van der Waals surface area (Å²) in [6, 6.07) is 7.19. The highest BCUT2D eigenvalue weighted by molar-refractivity contribution is 7.71. The molecule has 1 heterocycles. The van der Waals surface area contributed by atoms with Crippen LogP contribution in [0, 0.1) is 4.77 Å². The lowest BCUT2D eigenvalue weighted by Crippen LogP contribution is -2.27. The predicted octanol–water partition coefficient (Wildman–Crippen LogP) is 1.54. The van der Waals surface area contributed by atoms with E-state index in [4.69, 9.17) is 12.2 Å². The van der Waals surface area contributed by atoms with Gasteiger partial charge in [-0.25, -0.2) is 0 Å². The van der Waals surface area contributed by atoms with Crippen molar-refractivity contribution in [3.8, 4) is 0 Å². The highest BCUT2D eigenvalue weighted by Gasteiger charge is 2.08. The third kappa shape index (κ3) is 2.73. The Morgan fingerprint density at radius 2 is 2.05 bits per heavy atom. The van der Waals surface area contributed by atoms with Crippen molar-refractivity contribution in [3.05, 3.63) is 39.4 Å². The highest BCUT2D eigenvalue weighted by Crippen LogP contribution is 2.06. The topological polar surface area (TPSA) is 58.1 Å². The first kappa shape index (κ1) is 13.5. The molecule has 0 radical (unpaired) electrons. The number of benzene rings is 1. The van der Waals surface area contributed by atoms with Crippen molar-refractivity contribution in [2.75, 3.05) is 14.1 Å². The lowest BCUT2D eigenvalue weighted by atomic mass is 10.2. The number of rotatable bonds is 3. The van der Waals surface area contributed by atoms with Crippen LogP contribution in [0.15, 0.2) is 29.1 Å². The van der Waals surface area contributed by atoms with Crippen LogP contribution >= 0.6 is 12.2 Å². The van der Waals surface area contributed by atoms with Crippen LogP contribution in [0.4, 0.5) is 0 Å². The molecule has 5 nitrogen and oxygen atoms in total. The average molecular weight is 277 g/mol. The first-order valence-corrected chi connectivity index (χ1v) is 6.33. The van der Waals surface area contributed by atoms with Gasteiger partial charge in [-0.2, -0.15) is 0 Å². The molecule has 1 aromatic carbocycles. The molecule has 0 aliphatic heterocycles. The largest absolute Gasteiger partial charge is 0.349 e. The maximum atomic E-state index is 12.3. The van der Waals surface area contributed by atoms with Crippen LogP contribution in [-0.4, -0.2) is 34.5 Å². The second-order valence-corrected chi connectivity index (χ2v) is 4.86. The number of carbonyl (C=O) groups excluding carboxylic acids is 1. The smallest absolute Gasteiger partial charge is 0.262 e. The number of amides is 1. The van der Waals surface area contributed by atoms with Crippen molar-refractivity contribution in [1.29, 1.82) is 0 Å². The van der Waals surface area contributed by atoms with Gasteiger partial charge in [0.05, 0.1) is 10.9 Å². The number of H-pyrrole nitrogens is 1. The Balaban J connectivity index is 2.41. The standard InChI is InChI=1S/C13H15N3O2S/c1-15(2)11(17)7-8-16-12(18)9-5-3-4-6-10(9)14-13(16)19/h3-6H,7-8H2,1-2H3,(H,14,19). The molecule has 0 aliphatic carbocycles. The molecule has 100 valence electrons. The Bertz CT molecular complexity index is 730. The number of nitrogens with zero attached hydrogens (tertiary/aromatic N) is 2. The fraction of sp³-hybridized carbons (Fsp3) is 0.308. The van der Waals surface area contributed by atoms with Gasteiger partial charge in [-0.3, -0.25) is 14.2 Å². The molecule has 2 aromatic rings. The van der Waals surface area contributed by atoms with Crippen molar-refractivity contribution < 1.29 is 4.79 Å². The molecule has 1 aromatic heterocycles. The van der Waals surface area contributed by atoms with Gasteiger partial charge in [0.15, 0.2) is 4.77 Å². The number of carbonyl (C=O) groups is 1. The third-order valence-electron chi connectivity index (χ3n) is 2.94. The molecule has 1 N–H and O–H groups in total. The van der Waals surface area contributed by atoms with Crippen molar-refractivity contribution in [2.24, 2.45) is 0 Å². The minimum Gasteiger partial charge on any atom is -0.349 e. The van der Waals surface area contributed by atoms with Crippen LogP contribution < -0.4 is 5.56 Å². The van der Waals surface area contributed by atoms with E-state index in [2.05, 4.69) is 4.98 Å². The normalized spacial score (nSPS) is 10.6. The zero-order valence-corrected chi connectivity index (χ0v) is 11.7. The molecule has 0 atom stereocenters. The summed E-state index contributed by atoms with van der Waals surface area (Å²) in [5, 5.41) is 0.577. The van der Waals surface area contributed by atoms with E-state index in [9.17, 15) is 9.59 Å². The summed E-state index contributed by atoms with van der Waals surface area (Å²) in [6.45, 7) is 0.288. The number of hydrogen-bond donors (Lipinski definition) is 1. The van der Waals surface area contributed by atoms with E-state index in [0.717, 1.165) is 0 Å². The van der Waals surface area contributed by atoms with Crippen molar-refractivity contribution >= 4 is 29.0 Å². The summed E-state index contributed by atoms with van der Waals surface area (Å²) < 4.78 is 1.77. The van der Waals surface area contributed by atoms with Gasteiger partial charge >= 0.3 is 0 Å². The Kier molecular flexibility index (Phi) is 3.80. The SMILES string of the molecule is CN(C)C(=O)CCn1c(=S)[nH]c2ccccc2c1=O. The van der Waals surface area contributed by atoms with Crippen molar-refractivity contribution in [3.63, 3.8) is 0 Å². The minimum absolute atomic E-state index is 0.0329. The maximum absolute atomic E-state index is 12.3. The summed E-state index contributed by atoms with van der Waals surface area (Å²) in [5.41, 5.74) is 0.554. The highest BCUT2D eigenvalue weighted by atomic mass is 32.1. The molecule has 0 spiro atoms. The Hall–Kier alpha value is -1.95. The van der Waals surface area contributed by atoms with Gasteiger partial charge in [-0.15, -0.1) is 0 Å². The zero-order chi connectivity index (χ0) is 14.0. The molecule has 19 heavy (non-hydrogen) atoms. The van der Waals surface area contributed by atoms with Gasteiger partial charge in [0.2, 0.25) is 5.91 Å². The number of aromatic amines is 1. The fourth-order valence-corrected chi connectivity index (χ4v) is 2.12. The zero-order valence-electron chi connectivity index (χ0n) is 10.8. The summed E-state index contributed by atoms with van der Waals surface area (Å²) in [4.78, 5) is 28.4. The van der Waals surface area contributed by atoms with Crippen LogP contribution in [0.3, 0.4) is 0 Å². The molecule has 0 saturated carbocycles. The molecule has 0 bridgehead atoms. The monoisotopic (exact) mass is 277 g/mol. The summed E-state index contributed by atoms with van der Waals surface area (Å²) >= 11 is 5.17. The Labute approximate surface area is 115 Å². The molecule has 6 heteroatoms. The van der Waals surface area contributed by atoms with Crippen LogP contribution in [0.5, 0.6) is 0 Å². The first-order chi connectivity index (χ1) is 9.00. The van der Waals surface area contributed by atoms with E-state index in [-0.39, 0.29) is 24.4 Å². The van der Waals surface area contributed by atoms with Crippen molar-refractivity contribution in [1.82, 2.24) is 14.5 Å². The van der Waals surface area contributed by atoms with Crippen molar-refractivity contribution in [2.45, 2.75) is 13.0 Å². The fourth-order valence-electron chi connectivity index (χ4n) is 1.83. The number of fused-ring (bicyclic) bond motifs is 1. The summed E-state index contributed by atoms with van der Waals surface area (Å²) in [7, 11) is 3.37. The molecular formula is C13H15N3O2S. The number of aromatic nitrogens is 2. The number of nitrogens with one attached hydrogen (secondary N) is 1. The van der Waals surface area contributed by atoms with Gasteiger partial charge in [0, 0.05) is 27.1 Å². The Morgan fingerprint density at radius 1 is 1.37 bits per heavy atom. The van der Waals surface area contributed by atoms with E-state index < -0.39 is 0 Å². The lowest BCUT2D eigenvalue weighted by molar-refractivity contribution is -0.128. The van der Waals surface area contributed by atoms with E-state index in [1.807, 2.05) is 12.1 Å². The molecule has 0 fully saturated rings. The van der Waals surface area contributed by atoms with Gasteiger partial charge < -0.3 is 9.88 Å². The first-order valence-electron chi connectivity index (χ1n) is 5.92. The minimum atomic E-state index is -0.161. The second kappa shape index (κ2) is 5.36. The number of para-hydroxylation sites is 1. The third-order valence-corrected chi connectivity index (χ3v) is 3.26. The molecule has 0 unspecified atom stereocenters. The molecule has 1 amide bonds. The quantitative estimate of drug-likeness (QED) is 0.866. The van der Waals surface area contributed by atoms with E-state index in [1.54, 1.807) is 26.2 Å². The Morgan fingerprint density at radius 3 is 2.74 bits per heavy atom. The van der Waals surface area contributed by atoms with E-state index in [1.165, 1.54) is 9.47 Å². The van der Waals surface area contributed by atoms with Gasteiger partial charge in [-0.05, 0) is 24.4 Å². The van der Waals surface area contributed by atoms with Crippen LogP contribution in [0.1, 0.15) is 6.42 Å². The summed E-state index contributed by atoms with van der Waals surface area (Å²) in [5.74, 6) is -0.0329. The van der Waals surface area contributed by atoms with Crippen LogP contribution in [0.25, 0.3) is 10.9 Å². The number of hydrogen-bond acceptors (Lipinski definition) is 3. The van der Waals surface area contributed by atoms with E-state index >= 15 is 0 Å². The van der Waals surface area contributed by atoms with Crippen LogP contribution in [0.2, 0.25) is 0 Å². The second-order valence-electron chi connectivity index (χ2n) is 4.47. The van der Waals surface area contributed by atoms with Gasteiger partial charge in [0.1, 0.15) is 0 Å². The average Bonchev–Trinajstić information content (AvgIpc) is 2.38. The van der Waals surface area contributed by atoms with E-state index in [0.29, 0.717) is 15.7 Å². The van der Waals surface area contributed by atoms with Gasteiger partial charge in [-0.1, -0.05) is 12.1 Å². The molecule has 0 saturated heterocycles. The molecule has 2 rings (SSSR count). The summed E-state index contributed by atoms with van der Waals surface area (Å²) in [6.07, 6.45) is 0.253. The lowest BCUT2D eigenvalue weighted by Gasteiger charge is -2.11. The maximum Gasteiger partial charge on any atom is 0.262 e. The van der Waals surface area contributed by atoms with Crippen LogP contribution in [-0.2, 0) is 11.3 Å².